The molecule has 0 aliphatic heterocycles. The fourth-order valence-corrected chi connectivity index (χ4v) is 2.02. The first-order chi connectivity index (χ1) is 8.20. The van der Waals surface area contributed by atoms with E-state index in [1.54, 1.807) is 0 Å². The lowest BCUT2D eigenvalue weighted by Gasteiger charge is -2.08. The molecule has 3 nitrogen and oxygen atoms in total. The summed E-state index contributed by atoms with van der Waals surface area (Å²) in [5.41, 5.74) is 2.17. The third-order valence-electron chi connectivity index (χ3n) is 2.51. The van der Waals surface area contributed by atoms with Crippen LogP contribution in [0.1, 0.15) is 17.1 Å². The molecule has 88 valence electrons. The minimum absolute atomic E-state index is 0.754. The maximum absolute atomic E-state index is 4.48. The van der Waals surface area contributed by atoms with Crippen LogP contribution in [-0.4, -0.2) is 17.0 Å². The van der Waals surface area contributed by atoms with Gasteiger partial charge in [0.2, 0.25) is 0 Å². The van der Waals surface area contributed by atoms with E-state index < -0.39 is 0 Å². The van der Waals surface area contributed by atoms with Crippen LogP contribution in [0.5, 0.6) is 0 Å². The molecule has 1 heterocycles. The standard InChI is InChI=1S/C13H14BrN3/c1-9-12(14)13(15-2)17-11(16-9)8-10-6-4-3-5-7-10/h3-7H,8H2,1-2H3,(H,15,16,17). The van der Waals surface area contributed by atoms with Gasteiger partial charge in [-0.3, -0.25) is 0 Å². The van der Waals surface area contributed by atoms with E-state index in [-0.39, 0.29) is 0 Å². The van der Waals surface area contributed by atoms with E-state index in [0.717, 1.165) is 28.2 Å². The number of aromatic nitrogens is 2. The van der Waals surface area contributed by atoms with Gasteiger partial charge in [-0.05, 0) is 28.4 Å². The Bertz CT molecular complexity index is 512. The van der Waals surface area contributed by atoms with Crippen molar-refractivity contribution in [3.8, 4) is 0 Å². The highest BCUT2D eigenvalue weighted by Crippen LogP contribution is 2.23. The van der Waals surface area contributed by atoms with Crippen LogP contribution in [0.4, 0.5) is 5.82 Å². The van der Waals surface area contributed by atoms with Gasteiger partial charge in [-0.1, -0.05) is 30.3 Å². The zero-order valence-corrected chi connectivity index (χ0v) is 11.5. The van der Waals surface area contributed by atoms with Crippen molar-refractivity contribution in [2.75, 3.05) is 12.4 Å². The van der Waals surface area contributed by atoms with Crippen molar-refractivity contribution < 1.29 is 0 Å². The van der Waals surface area contributed by atoms with E-state index in [4.69, 9.17) is 0 Å². The quantitative estimate of drug-likeness (QED) is 0.944. The topological polar surface area (TPSA) is 37.8 Å². The summed E-state index contributed by atoms with van der Waals surface area (Å²) >= 11 is 3.47. The monoisotopic (exact) mass is 291 g/mol. The fourth-order valence-electron chi connectivity index (χ4n) is 1.64. The minimum atomic E-state index is 0.754. The molecule has 2 rings (SSSR count). The second-order valence-corrected chi connectivity index (χ2v) is 4.59. The summed E-state index contributed by atoms with van der Waals surface area (Å²) in [5, 5.41) is 3.06. The predicted octanol–water partition coefficient (Wildman–Crippen LogP) is 3.18. The summed E-state index contributed by atoms with van der Waals surface area (Å²) < 4.78 is 0.928. The second kappa shape index (κ2) is 5.27. The molecule has 0 bridgehead atoms. The van der Waals surface area contributed by atoms with Gasteiger partial charge in [0.15, 0.2) is 0 Å². The first-order valence-corrected chi connectivity index (χ1v) is 6.24. The molecule has 1 aromatic carbocycles. The van der Waals surface area contributed by atoms with Gasteiger partial charge in [-0.25, -0.2) is 9.97 Å². The van der Waals surface area contributed by atoms with Crippen molar-refractivity contribution in [3.05, 3.63) is 51.9 Å². The molecule has 0 amide bonds. The molecule has 1 N–H and O–H groups in total. The van der Waals surface area contributed by atoms with Gasteiger partial charge in [0.05, 0.1) is 10.2 Å². The molecule has 1 aromatic heterocycles. The maximum atomic E-state index is 4.48. The van der Waals surface area contributed by atoms with Crippen LogP contribution in [0.3, 0.4) is 0 Å². The Morgan fingerprint density at radius 1 is 1.18 bits per heavy atom. The van der Waals surface area contributed by atoms with Crippen LogP contribution in [-0.2, 0) is 6.42 Å². The van der Waals surface area contributed by atoms with E-state index in [9.17, 15) is 0 Å². The van der Waals surface area contributed by atoms with Crippen molar-refractivity contribution in [1.29, 1.82) is 0 Å². The number of benzene rings is 1. The van der Waals surface area contributed by atoms with Gasteiger partial charge in [0.1, 0.15) is 11.6 Å². The van der Waals surface area contributed by atoms with Crippen LogP contribution in [0, 0.1) is 6.92 Å². The smallest absolute Gasteiger partial charge is 0.144 e. The number of aryl methyl sites for hydroxylation is 1. The summed E-state index contributed by atoms with van der Waals surface area (Å²) in [5.74, 6) is 1.67. The highest BCUT2D eigenvalue weighted by atomic mass is 79.9. The minimum Gasteiger partial charge on any atom is -0.372 e. The van der Waals surface area contributed by atoms with Crippen molar-refractivity contribution in [2.45, 2.75) is 13.3 Å². The summed E-state index contributed by atoms with van der Waals surface area (Å²) in [7, 11) is 1.86. The van der Waals surface area contributed by atoms with Crippen molar-refractivity contribution in [2.24, 2.45) is 0 Å². The lowest BCUT2D eigenvalue weighted by molar-refractivity contribution is 0.936. The van der Waals surface area contributed by atoms with Gasteiger partial charge in [-0.2, -0.15) is 0 Å². The van der Waals surface area contributed by atoms with Crippen LogP contribution in [0.15, 0.2) is 34.8 Å². The summed E-state index contributed by atoms with van der Waals surface area (Å²) in [6.45, 7) is 1.97. The number of hydrogen-bond donors (Lipinski definition) is 1. The fraction of sp³-hybridized carbons (Fsp3) is 0.231. The Kier molecular flexibility index (Phi) is 3.74. The highest BCUT2D eigenvalue weighted by molar-refractivity contribution is 9.10. The number of halogens is 1. The first-order valence-electron chi connectivity index (χ1n) is 5.45. The molecule has 2 aromatic rings. The average molecular weight is 292 g/mol. The molecule has 0 spiro atoms. The molecule has 17 heavy (non-hydrogen) atoms. The summed E-state index contributed by atoms with van der Waals surface area (Å²) in [4.78, 5) is 8.96. The Labute approximate surface area is 109 Å². The summed E-state index contributed by atoms with van der Waals surface area (Å²) in [6, 6.07) is 10.2. The predicted molar refractivity (Wildman–Crippen MR) is 73.3 cm³/mol. The van der Waals surface area contributed by atoms with Crippen molar-refractivity contribution in [3.63, 3.8) is 0 Å². The lowest BCUT2D eigenvalue weighted by atomic mass is 10.1. The van der Waals surface area contributed by atoms with Crippen molar-refractivity contribution >= 4 is 21.7 Å². The number of nitrogens with zero attached hydrogens (tertiary/aromatic N) is 2. The Balaban J connectivity index is 2.31. The zero-order valence-electron chi connectivity index (χ0n) is 9.87. The van der Waals surface area contributed by atoms with Gasteiger partial charge < -0.3 is 5.32 Å². The SMILES string of the molecule is CNc1nc(Cc2ccccc2)nc(C)c1Br. The van der Waals surface area contributed by atoms with E-state index in [2.05, 4.69) is 43.3 Å². The summed E-state index contributed by atoms with van der Waals surface area (Å²) in [6.07, 6.45) is 0.754. The van der Waals surface area contributed by atoms with Crippen LogP contribution >= 0.6 is 15.9 Å². The highest BCUT2D eigenvalue weighted by Gasteiger charge is 2.08. The maximum Gasteiger partial charge on any atom is 0.144 e. The lowest BCUT2D eigenvalue weighted by Crippen LogP contribution is -2.04. The number of nitrogens with one attached hydrogen (secondary N) is 1. The average Bonchev–Trinajstić information content (AvgIpc) is 2.35. The molecule has 0 unspecified atom stereocenters. The molecule has 0 fully saturated rings. The van der Waals surface area contributed by atoms with Crippen LogP contribution in [0.25, 0.3) is 0 Å². The Morgan fingerprint density at radius 3 is 2.53 bits per heavy atom. The zero-order chi connectivity index (χ0) is 12.3. The van der Waals surface area contributed by atoms with Gasteiger partial charge >= 0.3 is 0 Å². The largest absolute Gasteiger partial charge is 0.372 e. The Hall–Kier alpha value is -1.42. The van der Waals surface area contributed by atoms with E-state index in [1.807, 2.05) is 32.2 Å². The van der Waals surface area contributed by atoms with Gasteiger partial charge in [-0.15, -0.1) is 0 Å². The third-order valence-corrected chi connectivity index (χ3v) is 3.45. The molecule has 0 aliphatic rings. The van der Waals surface area contributed by atoms with E-state index in [0.29, 0.717) is 0 Å². The number of hydrogen-bond acceptors (Lipinski definition) is 3. The molecular weight excluding hydrogens is 278 g/mol. The van der Waals surface area contributed by atoms with Gasteiger partial charge in [0, 0.05) is 13.5 Å². The van der Waals surface area contributed by atoms with Crippen LogP contribution < -0.4 is 5.32 Å². The first kappa shape index (κ1) is 12.0. The second-order valence-electron chi connectivity index (χ2n) is 3.80. The third kappa shape index (κ3) is 2.82. The molecule has 0 aliphatic carbocycles. The van der Waals surface area contributed by atoms with Crippen molar-refractivity contribution in [1.82, 2.24) is 9.97 Å². The number of anilines is 1. The molecule has 0 saturated carbocycles. The van der Waals surface area contributed by atoms with Crippen LogP contribution in [0.2, 0.25) is 0 Å². The van der Waals surface area contributed by atoms with E-state index in [1.165, 1.54) is 5.56 Å². The van der Waals surface area contributed by atoms with E-state index >= 15 is 0 Å². The van der Waals surface area contributed by atoms with Gasteiger partial charge in [0.25, 0.3) is 0 Å². The Morgan fingerprint density at radius 2 is 1.88 bits per heavy atom. The molecule has 0 saturated heterocycles. The molecular formula is C13H14BrN3. The normalized spacial score (nSPS) is 10.3. The number of rotatable bonds is 3. The molecule has 0 radical (unpaired) electrons. The molecule has 0 atom stereocenters. The molecule has 4 heteroatoms.